The van der Waals surface area contributed by atoms with Gasteiger partial charge in [-0.15, -0.1) is 0 Å². The number of carbonyl (C=O) groups is 2. The van der Waals surface area contributed by atoms with E-state index < -0.39 is 35.4 Å². The van der Waals surface area contributed by atoms with Crippen LogP contribution in [0.1, 0.15) is 29.9 Å². The van der Waals surface area contributed by atoms with Gasteiger partial charge in [0.05, 0.1) is 30.6 Å². The molecule has 12 heteroatoms. The third kappa shape index (κ3) is 6.55. The van der Waals surface area contributed by atoms with E-state index in [2.05, 4.69) is 10.3 Å². The number of pyridine rings is 1. The Morgan fingerprint density at radius 3 is 2.47 bits per heavy atom. The first-order valence-electron chi connectivity index (χ1n) is 14.1. The zero-order valence-electron chi connectivity index (χ0n) is 25.1. The summed E-state index contributed by atoms with van der Waals surface area (Å²) in [6.07, 6.45) is 0.880. The van der Waals surface area contributed by atoms with Crippen molar-refractivity contribution in [3.63, 3.8) is 0 Å². The molecule has 3 aromatic carbocycles. The van der Waals surface area contributed by atoms with Gasteiger partial charge < -0.3 is 25.3 Å². The fourth-order valence-electron chi connectivity index (χ4n) is 4.83. The lowest BCUT2D eigenvalue weighted by Crippen LogP contribution is -2.34. The molecule has 232 valence electrons. The van der Waals surface area contributed by atoms with Crippen molar-refractivity contribution in [2.75, 3.05) is 12.4 Å². The number of nitrogens with zero attached hydrogens (tertiary/aromatic N) is 3. The van der Waals surface area contributed by atoms with Gasteiger partial charge in [0.25, 0.3) is 11.5 Å². The number of anilines is 1. The fourth-order valence-corrected chi connectivity index (χ4v) is 4.83. The van der Waals surface area contributed by atoms with Gasteiger partial charge in [-0.1, -0.05) is 18.2 Å². The molecular weight excluding hydrogens is 581 g/mol. The molecule has 2 aromatic heterocycles. The Morgan fingerprint density at radius 2 is 1.78 bits per heavy atom. The molecule has 0 saturated carbocycles. The summed E-state index contributed by atoms with van der Waals surface area (Å²) < 4.78 is 34.6. The van der Waals surface area contributed by atoms with Crippen molar-refractivity contribution in [3.05, 3.63) is 106 Å². The van der Waals surface area contributed by atoms with Gasteiger partial charge in [0.1, 0.15) is 29.2 Å². The van der Waals surface area contributed by atoms with Crippen LogP contribution < -0.4 is 26.1 Å². The van der Waals surface area contributed by atoms with Gasteiger partial charge in [-0.25, -0.2) is 9.07 Å². The fraction of sp³-hybridized carbons (Fsp3) is 0.212. The van der Waals surface area contributed by atoms with Gasteiger partial charge in [0.2, 0.25) is 0 Å². The number of nitrogens with two attached hydrogens (primary N) is 1. The van der Waals surface area contributed by atoms with Crippen molar-refractivity contribution < 1.29 is 28.2 Å². The van der Waals surface area contributed by atoms with Gasteiger partial charge >= 0.3 is 5.97 Å². The minimum absolute atomic E-state index is 0.0683. The summed E-state index contributed by atoms with van der Waals surface area (Å²) in [6, 6.07) is 18.8. The van der Waals surface area contributed by atoms with Crippen LogP contribution in [0.3, 0.4) is 0 Å². The Balaban J connectivity index is 1.41. The molecule has 0 saturated heterocycles. The first-order chi connectivity index (χ1) is 21.6. The number of methoxy groups -OCH3 is 1. The maximum absolute atomic E-state index is 15.2. The van der Waals surface area contributed by atoms with E-state index in [-0.39, 0.29) is 23.5 Å². The summed E-state index contributed by atoms with van der Waals surface area (Å²) in [5.41, 5.74) is 6.45. The van der Waals surface area contributed by atoms with Crippen LogP contribution in [0.2, 0.25) is 0 Å². The molecule has 11 nitrogen and oxygen atoms in total. The monoisotopic (exact) mass is 613 g/mol. The van der Waals surface area contributed by atoms with Gasteiger partial charge in [0.15, 0.2) is 11.6 Å². The van der Waals surface area contributed by atoms with E-state index in [4.69, 9.17) is 19.9 Å². The third-order valence-electron chi connectivity index (χ3n) is 7.06. The predicted molar refractivity (Wildman–Crippen MR) is 167 cm³/mol. The standard InChI is InChI=1S/C33H32FN5O6/c1-19(44-33(42)20(2)35)18-38-21(3)30(32(41)39(38)23-8-6-5-7-9-23)31(40)37-22-10-13-29(26(34)16-22)45-28-14-15-36-27-17-24(43-4)11-12-25(27)28/h5-17,19-20H,18,35H2,1-4H3,(H,37,40). The minimum Gasteiger partial charge on any atom is -0.497 e. The van der Waals surface area contributed by atoms with Crippen molar-refractivity contribution >= 4 is 28.5 Å². The number of benzene rings is 3. The molecule has 0 aliphatic carbocycles. The first kappa shape index (κ1) is 31.0. The van der Waals surface area contributed by atoms with Crippen LogP contribution >= 0.6 is 0 Å². The zero-order valence-corrected chi connectivity index (χ0v) is 25.1. The van der Waals surface area contributed by atoms with E-state index in [1.807, 2.05) is 0 Å². The third-order valence-corrected chi connectivity index (χ3v) is 7.06. The number of carbonyl (C=O) groups excluding carboxylic acids is 2. The van der Waals surface area contributed by atoms with Gasteiger partial charge in [-0.3, -0.25) is 24.0 Å². The van der Waals surface area contributed by atoms with E-state index in [1.54, 1.807) is 86.4 Å². The number of para-hydroxylation sites is 1. The summed E-state index contributed by atoms with van der Waals surface area (Å²) in [7, 11) is 1.55. The minimum atomic E-state index is -0.818. The number of aromatic nitrogens is 3. The quantitative estimate of drug-likeness (QED) is 0.211. The second-order valence-electron chi connectivity index (χ2n) is 10.4. The van der Waals surface area contributed by atoms with Gasteiger partial charge in [-0.2, -0.15) is 0 Å². The molecule has 45 heavy (non-hydrogen) atoms. The highest BCUT2D eigenvalue weighted by molar-refractivity contribution is 6.05. The summed E-state index contributed by atoms with van der Waals surface area (Å²) in [5.74, 6) is -1.11. The maximum Gasteiger partial charge on any atom is 0.322 e. The first-order valence-corrected chi connectivity index (χ1v) is 14.1. The van der Waals surface area contributed by atoms with Crippen molar-refractivity contribution in [1.29, 1.82) is 0 Å². The smallest absolute Gasteiger partial charge is 0.322 e. The van der Waals surface area contributed by atoms with E-state index in [0.29, 0.717) is 33.8 Å². The van der Waals surface area contributed by atoms with Crippen LogP contribution in [0.5, 0.6) is 17.2 Å². The SMILES string of the molecule is COc1ccc2c(Oc3ccc(NC(=O)c4c(C)n(CC(C)OC(=O)C(C)N)n(-c5ccccc5)c4=O)cc3F)ccnc2c1. The van der Waals surface area contributed by atoms with E-state index >= 15 is 4.39 Å². The average molecular weight is 614 g/mol. The van der Waals surface area contributed by atoms with E-state index in [0.717, 1.165) is 6.07 Å². The molecule has 0 bridgehead atoms. The van der Waals surface area contributed by atoms with Gasteiger partial charge in [-0.05, 0) is 63.2 Å². The lowest BCUT2D eigenvalue weighted by Gasteiger charge is -2.19. The van der Waals surface area contributed by atoms with Crippen molar-refractivity contribution in [1.82, 2.24) is 14.3 Å². The van der Waals surface area contributed by atoms with Crippen LogP contribution in [-0.4, -0.2) is 45.5 Å². The molecule has 2 atom stereocenters. The molecule has 2 heterocycles. The Labute approximate surface area is 257 Å². The van der Waals surface area contributed by atoms with Crippen LogP contribution in [0, 0.1) is 12.7 Å². The number of hydrogen-bond donors (Lipinski definition) is 2. The average Bonchev–Trinajstić information content (AvgIpc) is 3.26. The molecule has 1 amide bonds. The highest BCUT2D eigenvalue weighted by Gasteiger charge is 2.26. The lowest BCUT2D eigenvalue weighted by atomic mass is 10.2. The molecule has 5 rings (SSSR count). The maximum atomic E-state index is 15.2. The summed E-state index contributed by atoms with van der Waals surface area (Å²) in [4.78, 5) is 43.5. The van der Waals surface area contributed by atoms with Crippen LogP contribution in [0.15, 0.2) is 83.8 Å². The number of rotatable bonds is 10. The molecule has 0 aliphatic heterocycles. The van der Waals surface area contributed by atoms with Crippen molar-refractivity contribution in [3.8, 4) is 22.9 Å². The summed E-state index contributed by atoms with van der Waals surface area (Å²) >= 11 is 0. The number of nitrogens with one attached hydrogen (secondary N) is 1. The van der Waals surface area contributed by atoms with Crippen LogP contribution in [0.25, 0.3) is 16.6 Å². The van der Waals surface area contributed by atoms with Gasteiger partial charge in [0, 0.05) is 29.4 Å². The summed E-state index contributed by atoms with van der Waals surface area (Å²) in [5, 5.41) is 3.28. The number of hydrogen-bond acceptors (Lipinski definition) is 8. The molecule has 2 unspecified atom stereocenters. The molecular formula is C33H32FN5O6. The number of halogens is 1. The second-order valence-corrected chi connectivity index (χ2v) is 10.4. The lowest BCUT2D eigenvalue weighted by molar-refractivity contribution is -0.150. The Morgan fingerprint density at radius 1 is 1.02 bits per heavy atom. The largest absolute Gasteiger partial charge is 0.497 e. The highest BCUT2D eigenvalue weighted by Crippen LogP contribution is 2.33. The Kier molecular flexibility index (Phi) is 8.96. The number of ether oxygens (including phenoxy) is 3. The number of esters is 1. The predicted octanol–water partition coefficient (Wildman–Crippen LogP) is 4.97. The summed E-state index contributed by atoms with van der Waals surface area (Å²) in [6.45, 7) is 4.86. The normalized spacial score (nSPS) is 12.4. The molecule has 0 fully saturated rings. The van der Waals surface area contributed by atoms with Crippen molar-refractivity contribution in [2.24, 2.45) is 5.73 Å². The van der Waals surface area contributed by atoms with Crippen LogP contribution in [0.4, 0.5) is 10.1 Å². The topological polar surface area (TPSA) is 140 Å². The number of amides is 1. The molecule has 0 radical (unpaired) electrons. The van der Waals surface area contributed by atoms with Crippen molar-refractivity contribution in [2.45, 2.75) is 39.5 Å². The highest BCUT2D eigenvalue weighted by atomic mass is 19.1. The Bertz CT molecular complexity index is 1940. The van der Waals surface area contributed by atoms with E-state index in [1.165, 1.54) is 23.7 Å². The zero-order chi connectivity index (χ0) is 32.2. The Hall–Kier alpha value is -5.49. The second kappa shape index (κ2) is 13.0. The molecule has 0 aliphatic rings. The molecule has 3 N–H and O–H groups in total. The molecule has 5 aromatic rings. The number of fused-ring (bicyclic) bond motifs is 1. The van der Waals surface area contributed by atoms with Crippen LogP contribution in [-0.2, 0) is 16.1 Å². The van der Waals surface area contributed by atoms with E-state index in [9.17, 15) is 14.4 Å². The molecule has 0 spiro atoms.